The number of hydrogen-bond donors (Lipinski definition) is 0. The number of hydrogen-bond acceptors (Lipinski definition) is 3. The van der Waals surface area contributed by atoms with Crippen molar-refractivity contribution in [2.45, 2.75) is 26.2 Å². The Hall–Kier alpha value is -1.10. The van der Waals surface area contributed by atoms with Crippen LogP contribution in [0.25, 0.3) is 6.08 Å². The van der Waals surface area contributed by atoms with Gasteiger partial charge in [-0.2, -0.15) is 0 Å². The molecule has 2 nitrogen and oxygen atoms in total. The van der Waals surface area contributed by atoms with Crippen molar-refractivity contribution in [3.8, 4) is 5.75 Å². The van der Waals surface area contributed by atoms with Crippen LogP contribution >= 0.6 is 39.7 Å². The fourth-order valence-corrected chi connectivity index (χ4v) is 3.88. The number of thiophene rings is 1. The van der Waals surface area contributed by atoms with Crippen LogP contribution in [0, 0.1) is 0 Å². The topological polar surface area (TPSA) is 21.6 Å². The van der Waals surface area contributed by atoms with Crippen molar-refractivity contribution in [2.75, 3.05) is 13.2 Å². The number of nitrogens with zero attached hydrogens (tertiary/aromatic N) is 1. The SMILES string of the molecule is CCCCOc1ccc2c(c1)CCN=C2/C=C/c1ccc(Br)s1.Cl. The van der Waals surface area contributed by atoms with Crippen molar-refractivity contribution in [3.63, 3.8) is 0 Å². The van der Waals surface area contributed by atoms with Gasteiger partial charge in [0.15, 0.2) is 0 Å². The third-order valence-corrected chi connectivity index (χ3v) is 5.37. The molecule has 0 saturated heterocycles. The average Bonchev–Trinajstić information content (AvgIpc) is 2.98. The van der Waals surface area contributed by atoms with E-state index in [-0.39, 0.29) is 12.4 Å². The fourth-order valence-electron chi connectivity index (χ4n) is 2.55. The molecule has 1 aliphatic rings. The van der Waals surface area contributed by atoms with Gasteiger partial charge in [-0.25, -0.2) is 0 Å². The molecule has 2 aromatic rings. The van der Waals surface area contributed by atoms with Gasteiger partial charge in [0.25, 0.3) is 0 Å². The lowest BCUT2D eigenvalue weighted by molar-refractivity contribution is 0.309. The van der Waals surface area contributed by atoms with E-state index in [1.54, 1.807) is 11.3 Å². The molecule has 0 aliphatic carbocycles. The van der Waals surface area contributed by atoms with Crippen LogP contribution in [0.5, 0.6) is 5.75 Å². The van der Waals surface area contributed by atoms with Gasteiger partial charge in [-0.3, -0.25) is 4.99 Å². The van der Waals surface area contributed by atoms with Crippen LogP contribution in [0.1, 0.15) is 35.8 Å². The summed E-state index contributed by atoms with van der Waals surface area (Å²) < 4.78 is 6.97. The van der Waals surface area contributed by atoms with Crippen LogP contribution in [0.3, 0.4) is 0 Å². The molecule has 0 N–H and O–H groups in total. The summed E-state index contributed by atoms with van der Waals surface area (Å²) in [5, 5.41) is 0. The van der Waals surface area contributed by atoms with E-state index in [0.717, 1.165) is 47.7 Å². The van der Waals surface area contributed by atoms with Crippen molar-refractivity contribution < 1.29 is 4.74 Å². The molecule has 5 heteroatoms. The smallest absolute Gasteiger partial charge is 0.119 e. The normalized spacial score (nSPS) is 13.3. The van der Waals surface area contributed by atoms with Crippen LogP contribution < -0.4 is 4.74 Å². The largest absolute Gasteiger partial charge is 0.494 e. The summed E-state index contributed by atoms with van der Waals surface area (Å²) in [6, 6.07) is 10.6. The standard InChI is InChI=1S/C19H20BrNOS.ClH/c1-2-3-12-22-15-4-7-17-14(13-15)10-11-21-18(17)8-5-16-6-9-19(20)23-16;/h4-9,13H,2-3,10-12H2,1H3;1H/b8-5+;. The number of benzene rings is 1. The summed E-state index contributed by atoms with van der Waals surface area (Å²) in [7, 11) is 0. The van der Waals surface area contributed by atoms with E-state index in [2.05, 4.69) is 70.3 Å². The Morgan fingerprint density at radius 1 is 1.25 bits per heavy atom. The lowest BCUT2D eigenvalue weighted by Gasteiger charge is -2.16. The molecule has 1 aliphatic heterocycles. The number of unbranched alkanes of at least 4 members (excludes halogenated alkanes) is 1. The first-order valence-corrected chi connectivity index (χ1v) is 9.61. The highest BCUT2D eigenvalue weighted by molar-refractivity contribution is 9.11. The molecule has 0 spiro atoms. The summed E-state index contributed by atoms with van der Waals surface area (Å²) in [5.74, 6) is 0.976. The number of allylic oxidation sites excluding steroid dienone is 1. The molecule has 1 aromatic carbocycles. The zero-order valence-electron chi connectivity index (χ0n) is 13.6. The molecular weight excluding hydrogens is 406 g/mol. The van der Waals surface area contributed by atoms with Gasteiger partial charge in [-0.05, 0) is 76.8 Å². The minimum absolute atomic E-state index is 0. The summed E-state index contributed by atoms with van der Waals surface area (Å²) in [4.78, 5) is 5.91. The minimum atomic E-state index is 0. The molecule has 128 valence electrons. The molecular formula is C19H21BrClNOS. The summed E-state index contributed by atoms with van der Waals surface area (Å²) in [5.41, 5.74) is 3.63. The predicted molar refractivity (Wildman–Crippen MR) is 110 cm³/mol. The average molecular weight is 427 g/mol. The van der Waals surface area contributed by atoms with E-state index in [4.69, 9.17) is 4.74 Å². The van der Waals surface area contributed by atoms with Crippen molar-refractivity contribution >= 4 is 51.5 Å². The van der Waals surface area contributed by atoms with E-state index in [0.29, 0.717) is 0 Å². The van der Waals surface area contributed by atoms with E-state index >= 15 is 0 Å². The molecule has 0 fully saturated rings. The predicted octanol–water partition coefficient (Wildman–Crippen LogP) is 6.17. The maximum absolute atomic E-state index is 5.82. The molecule has 0 saturated carbocycles. The second-order valence-electron chi connectivity index (χ2n) is 5.51. The van der Waals surface area contributed by atoms with E-state index < -0.39 is 0 Å². The highest BCUT2D eigenvalue weighted by atomic mass is 79.9. The highest BCUT2D eigenvalue weighted by Gasteiger charge is 2.13. The number of ether oxygens (including phenoxy) is 1. The highest BCUT2D eigenvalue weighted by Crippen LogP contribution is 2.25. The molecule has 2 heterocycles. The quantitative estimate of drug-likeness (QED) is 0.506. The molecule has 1 aromatic heterocycles. The monoisotopic (exact) mass is 425 g/mol. The van der Waals surface area contributed by atoms with Crippen molar-refractivity contribution in [2.24, 2.45) is 4.99 Å². The Morgan fingerprint density at radius 2 is 2.12 bits per heavy atom. The molecule has 3 rings (SSSR count). The summed E-state index contributed by atoms with van der Waals surface area (Å²) >= 11 is 5.22. The molecule has 0 bridgehead atoms. The second-order valence-corrected chi connectivity index (χ2v) is 8.01. The summed E-state index contributed by atoms with van der Waals surface area (Å²) in [6.07, 6.45) is 7.50. The molecule has 24 heavy (non-hydrogen) atoms. The van der Waals surface area contributed by atoms with Crippen LogP contribution in [0.2, 0.25) is 0 Å². The first-order valence-electron chi connectivity index (χ1n) is 8.00. The van der Waals surface area contributed by atoms with E-state index in [1.165, 1.54) is 16.0 Å². The Bertz CT molecular complexity index is 739. The van der Waals surface area contributed by atoms with Crippen molar-refractivity contribution in [3.05, 3.63) is 56.2 Å². The van der Waals surface area contributed by atoms with Crippen LogP contribution in [-0.2, 0) is 6.42 Å². The Kier molecular flexibility index (Phi) is 7.53. The van der Waals surface area contributed by atoms with Crippen LogP contribution in [0.4, 0.5) is 0 Å². The lowest BCUT2D eigenvalue weighted by Crippen LogP contribution is -2.11. The zero-order valence-corrected chi connectivity index (χ0v) is 16.8. The molecule has 0 unspecified atom stereocenters. The van der Waals surface area contributed by atoms with Gasteiger partial charge in [0, 0.05) is 17.0 Å². The van der Waals surface area contributed by atoms with Crippen LogP contribution in [0.15, 0.2) is 45.2 Å². The zero-order chi connectivity index (χ0) is 16.1. The molecule has 0 amide bonds. The first kappa shape index (κ1) is 19.2. The first-order chi connectivity index (χ1) is 11.3. The van der Waals surface area contributed by atoms with Crippen LogP contribution in [-0.4, -0.2) is 18.9 Å². The van der Waals surface area contributed by atoms with E-state index in [9.17, 15) is 0 Å². The van der Waals surface area contributed by atoms with Gasteiger partial charge in [0.05, 0.1) is 16.1 Å². The third-order valence-electron chi connectivity index (χ3n) is 3.78. The second kappa shape index (κ2) is 9.40. The fraction of sp³-hybridized carbons (Fsp3) is 0.316. The Labute approximate surface area is 162 Å². The summed E-state index contributed by atoms with van der Waals surface area (Å²) in [6.45, 7) is 3.82. The van der Waals surface area contributed by atoms with Crippen molar-refractivity contribution in [1.29, 1.82) is 0 Å². The molecule has 0 atom stereocenters. The van der Waals surface area contributed by atoms with Gasteiger partial charge in [-0.15, -0.1) is 23.7 Å². The third kappa shape index (κ3) is 4.95. The van der Waals surface area contributed by atoms with Gasteiger partial charge >= 0.3 is 0 Å². The maximum atomic E-state index is 5.82. The maximum Gasteiger partial charge on any atom is 0.119 e. The van der Waals surface area contributed by atoms with Gasteiger partial charge < -0.3 is 4.74 Å². The van der Waals surface area contributed by atoms with E-state index in [1.807, 2.05) is 0 Å². The molecule has 0 radical (unpaired) electrons. The Morgan fingerprint density at radius 3 is 2.88 bits per heavy atom. The number of rotatable bonds is 6. The minimum Gasteiger partial charge on any atom is -0.494 e. The van der Waals surface area contributed by atoms with Crippen molar-refractivity contribution in [1.82, 2.24) is 0 Å². The number of aliphatic imine (C=N–C) groups is 1. The number of fused-ring (bicyclic) bond motifs is 1. The Balaban J connectivity index is 0.00000208. The lowest BCUT2D eigenvalue weighted by atomic mass is 9.97. The van der Waals surface area contributed by atoms with Gasteiger partial charge in [-0.1, -0.05) is 13.3 Å². The van der Waals surface area contributed by atoms with Gasteiger partial charge in [0.1, 0.15) is 5.75 Å². The van der Waals surface area contributed by atoms with Gasteiger partial charge in [0.2, 0.25) is 0 Å². The number of halogens is 2.